The lowest BCUT2D eigenvalue weighted by atomic mass is 9.81. The number of aromatic nitrogens is 3. The maximum Gasteiger partial charge on any atom is 0.164 e. The van der Waals surface area contributed by atoms with Crippen molar-refractivity contribution in [1.82, 2.24) is 15.0 Å². The normalized spacial score (nSPS) is 13.0. The highest BCUT2D eigenvalue weighted by atomic mass is 16.3. The average Bonchev–Trinajstić information content (AvgIpc) is 3.68. The molecule has 1 aliphatic rings. The fourth-order valence-electron chi connectivity index (χ4n) is 7.80. The van der Waals surface area contributed by atoms with Crippen LogP contribution in [0.5, 0.6) is 0 Å². The fraction of sp³-hybridized carbons (Fsp3) is 0.0625. The number of rotatable bonds is 5. The van der Waals surface area contributed by atoms with E-state index in [1.54, 1.807) is 0 Å². The van der Waals surface area contributed by atoms with Gasteiger partial charge >= 0.3 is 0 Å². The molecule has 4 nitrogen and oxygen atoms in total. The van der Waals surface area contributed by atoms with Crippen molar-refractivity contribution >= 4 is 21.9 Å². The predicted octanol–water partition coefficient (Wildman–Crippen LogP) is 12.4. The van der Waals surface area contributed by atoms with Gasteiger partial charge in [-0.1, -0.05) is 141 Å². The summed E-state index contributed by atoms with van der Waals surface area (Å²) in [6, 6.07) is 57.3. The minimum Gasteiger partial charge on any atom is -0.456 e. The summed E-state index contributed by atoms with van der Waals surface area (Å²) in [5.41, 5.74) is 14.4. The summed E-state index contributed by atoms with van der Waals surface area (Å²) in [7, 11) is 0. The van der Waals surface area contributed by atoms with E-state index in [0.29, 0.717) is 17.5 Å². The van der Waals surface area contributed by atoms with Crippen molar-refractivity contribution < 1.29 is 4.42 Å². The first kappa shape index (κ1) is 30.2. The van der Waals surface area contributed by atoms with E-state index >= 15 is 0 Å². The van der Waals surface area contributed by atoms with Crippen LogP contribution in [0.2, 0.25) is 0 Å². The third-order valence-electron chi connectivity index (χ3n) is 10.5. The standard InChI is InChI=1S/C48H33N3O/c1-48(2)41-24-23-35(27-38(41)39-29-44-40(28-42(39)48)37-21-9-10-22-43(37)52-44)33-18-11-17-32(25-33)34-19-12-20-36(26-34)47-50-45(30-13-5-3-6-14-30)49-46(51-47)31-15-7-4-8-16-31/h3-29H,1-2H3. The Morgan fingerprint density at radius 3 is 1.52 bits per heavy atom. The van der Waals surface area contributed by atoms with Gasteiger partial charge in [-0.3, -0.25) is 0 Å². The van der Waals surface area contributed by atoms with E-state index in [0.717, 1.165) is 44.4 Å². The van der Waals surface area contributed by atoms with Crippen molar-refractivity contribution in [3.63, 3.8) is 0 Å². The van der Waals surface area contributed by atoms with Crippen LogP contribution >= 0.6 is 0 Å². The topological polar surface area (TPSA) is 51.8 Å². The minimum atomic E-state index is -0.117. The predicted molar refractivity (Wildman–Crippen MR) is 212 cm³/mol. The molecule has 0 N–H and O–H groups in total. The number of hydrogen-bond acceptors (Lipinski definition) is 4. The van der Waals surface area contributed by atoms with Crippen molar-refractivity contribution in [1.29, 1.82) is 0 Å². The molecule has 0 bridgehead atoms. The molecular weight excluding hydrogens is 635 g/mol. The minimum absolute atomic E-state index is 0.117. The van der Waals surface area contributed by atoms with E-state index in [9.17, 15) is 0 Å². The number of hydrogen-bond donors (Lipinski definition) is 0. The van der Waals surface area contributed by atoms with Gasteiger partial charge in [0.1, 0.15) is 11.2 Å². The lowest BCUT2D eigenvalue weighted by molar-refractivity contribution is 0.658. The van der Waals surface area contributed by atoms with Crippen LogP contribution in [0, 0.1) is 0 Å². The summed E-state index contributed by atoms with van der Waals surface area (Å²) in [6.07, 6.45) is 0. The molecule has 52 heavy (non-hydrogen) atoms. The van der Waals surface area contributed by atoms with Crippen LogP contribution in [-0.4, -0.2) is 15.0 Å². The highest BCUT2D eigenvalue weighted by Gasteiger charge is 2.36. The first-order valence-corrected chi connectivity index (χ1v) is 17.7. The Morgan fingerprint density at radius 2 is 0.865 bits per heavy atom. The van der Waals surface area contributed by atoms with Crippen LogP contribution in [0.15, 0.2) is 168 Å². The molecule has 0 saturated carbocycles. The van der Waals surface area contributed by atoms with E-state index < -0.39 is 0 Å². The number of furan rings is 1. The molecule has 0 atom stereocenters. The van der Waals surface area contributed by atoms with Gasteiger partial charge in [0.25, 0.3) is 0 Å². The van der Waals surface area contributed by atoms with E-state index in [1.807, 2.05) is 72.8 Å². The third kappa shape index (κ3) is 4.95. The van der Waals surface area contributed by atoms with E-state index in [1.165, 1.54) is 38.8 Å². The van der Waals surface area contributed by atoms with Crippen LogP contribution in [0.1, 0.15) is 25.0 Å². The fourth-order valence-corrected chi connectivity index (χ4v) is 7.80. The number of fused-ring (bicyclic) bond motifs is 6. The highest BCUT2D eigenvalue weighted by molar-refractivity contribution is 6.07. The first-order valence-electron chi connectivity index (χ1n) is 17.7. The summed E-state index contributed by atoms with van der Waals surface area (Å²) in [6.45, 7) is 4.66. The van der Waals surface area contributed by atoms with Crippen molar-refractivity contribution in [2.45, 2.75) is 19.3 Å². The van der Waals surface area contributed by atoms with Crippen molar-refractivity contribution in [2.75, 3.05) is 0 Å². The molecule has 1 aliphatic carbocycles. The summed E-state index contributed by atoms with van der Waals surface area (Å²) in [5, 5.41) is 2.34. The van der Waals surface area contributed by atoms with Crippen LogP contribution in [0.4, 0.5) is 0 Å². The zero-order chi connectivity index (χ0) is 34.8. The largest absolute Gasteiger partial charge is 0.456 e. The van der Waals surface area contributed by atoms with Crippen molar-refractivity contribution in [3.8, 4) is 67.5 Å². The first-order chi connectivity index (χ1) is 25.5. The number of benzene rings is 7. The Hall–Kier alpha value is -6.65. The molecule has 0 spiro atoms. The molecule has 0 unspecified atom stereocenters. The lowest BCUT2D eigenvalue weighted by Gasteiger charge is -2.21. The van der Waals surface area contributed by atoms with Crippen LogP contribution in [0.3, 0.4) is 0 Å². The second kappa shape index (κ2) is 11.7. The maximum atomic E-state index is 6.33. The van der Waals surface area contributed by atoms with Gasteiger partial charge in [-0.25, -0.2) is 15.0 Å². The molecule has 0 amide bonds. The van der Waals surface area contributed by atoms with Gasteiger partial charge in [-0.15, -0.1) is 0 Å². The third-order valence-corrected chi connectivity index (χ3v) is 10.5. The molecule has 0 saturated heterocycles. The van der Waals surface area contributed by atoms with Crippen molar-refractivity contribution in [3.05, 3.63) is 175 Å². The number of para-hydroxylation sites is 1. The summed E-state index contributed by atoms with van der Waals surface area (Å²) >= 11 is 0. The zero-order valence-corrected chi connectivity index (χ0v) is 28.8. The molecule has 0 radical (unpaired) electrons. The molecule has 4 heteroatoms. The Morgan fingerprint density at radius 1 is 0.365 bits per heavy atom. The quantitative estimate of drug-likeness (QED) is 0.183. The van der Waals surface area contributed by atoms with Gasteiger partial charge in [0.05, 0.1) is 0 Å². The van der Waals surface area contributed by atoms with Gasteiger partial charge in [0, 0.05) is 32.9 Å². The van der Waals surface area contributed by atoms with E-state index in [4.69, 9.17) is 19.4 Å². The number of nitrogens with zero attached hydrogens (tertiary/aromatic N) is 3. The Labute approximate surface area is 302 Å². The Kier molecular flexibility index (Phi) is 6.80. The molecule has 7 aromatic carbocycles. The molecular formula is C48H33N3O. The van der Waals surface area contributed by atoms with Crippen LogP contribution in [0.25, 0.3) is 89.5 Å². The van der Waals surface area contributed by atoms with Gasteiger partial charge in [-0.2, -0.15) is 0 Å². The molecule has 2 heterocycles. The van der Waals surface area contributed by atoms with Crippen LogP contribution < -0.4 is 0 Å². The van der Waals surface area contributed by atoms with Crippen LogP contribution in [-0.2, 0) is 5.41 Å². The Balaban J connectivity index is 1.04. The average molecular weight is 668 g/mol. The van der Waals surface area contributed by atoms with Gasteiger partial charge in [0.15, 0.2) is 17.5 Å². The maximum absolute atomic E-state index is 6.33. The van der Waals surface area contributed by atoms with Gasteiger partial charge in [0.2, 0.25) is 0 Å². The lowest BCUT2D eigenvalue weighted by Crippen LogP contribution is -2.14. The molecule has 2 aromatic heterocycles. The molecule has 10 rings (SSSR count). The molecule has 9 aromatic rings. The molecule has 0 fully saturated rings. The summed E-state index contributed by atoms with van der Waals surface area (Å²) in [5.74, 6) is 1.95. The van der Waals surface area contributed by atoms with E-state index in [2.05, 4.69) is 105 Å². The van der Waals surface area contributed by atoms with E-state index in [-0.39, 0.29) is 5.41 Å². The summed E-state index contributed by atoms with van der Waals surface area (Å²) in [4.78, 5) is 14.8. The van der Waals surface area contributed by atoms with Crippen molar-refractivity contribution in [2.24, 2.45) is 0 Å². The Bertz CT molecular complexity index is 2760. The summed E-state index contributed by atoms with van der Waals surface area (Å²) < 4.78 is 6.33. The SMILES string of the molecule is CC1(C)c2ccc(-c3cccc(-c4cccc(-c5nc(-c6ccccc6)nc(-c6ccccc6)n5)c4)c3)cc2-c2cc3oc4ccccc4c3cc21. The van der Waals surface area contributed by atoms with Gasteiger partial charge in [-0.05, 0) is 80.9 Å². The smallest absolute Gasteiger partial charge is 0.164 e. The zero-order valence-electron chi connectivity index (χ0n) is 28.8. The second-order valence-electron chi connectivity index (χ2n) is 14.1. The van der Waals surface area contributed by atoms with Gasteiger partial charge < -0.3 is 4.42 Å². The monoisotopic (exact) mass is 667 g/mol. The molecule has 0 aliphatic heterocycles. The highest BCUT2D eigenvalue weighted by Crippen LogP contribution is 2.51. The molecule has 246 valence electrons. The second-order valence-corrected chi connectivity index (χ2v) is 14.1.